The third-order valence-corrected chi connectivity index (χ3v) is 4.90. The number of hydrogen-bond donors (Lipinski definition) is 3. The Hall–Kier alpha value is -2.96. The normalized spacial score (nSPS) is 13.8. The smallest absolute Gasteiger partial charge is 0.285 e. The van der Waals surface area contributed by atoms with Crippen LogP contribution >= 0.6 is 15.9 Å². The predicted octanol–water partition coefficient (Wildman–Crippen LogP) is 2.03. The number of carbonyl (C=O) groups excluding carboxylic acids is 4. The first kappa shape index (κ1) is 26.3. The zero-order valence-electron chi connectivity index (χ0n) is 17.5. The Kier molecular flexibility index (Phi) is 10.3. The molecule has 3 N–H and O–H groups in total. The number of halogens is 1. The van der Waals surface area contributed by atoms with E-state index in [1.807, 2.05) is 0 Å². The molecule has 0 atom stereocenters. The lowest BCUT2D eigenvalue weighted by molar-refractivity contribution is -0.0940. The molecule has 2 heterocycles. The summed E-state index contributed by atoms with van der Waals surface area (Å²) < 4.78 is 0. The van der Waals surface area contributed by atoms with Crippen LogP contribution in [-0.4, -0.2) is 74.3 Å². The largest absolute Gasteiger partial charge is 0.396 e. The van der Waals surface area contributed by atoms with Crippen molar-refractivity contribution in [3.63, 3.8) is 0 Å². The van der Waals surface area contributed by atoms with Gasteiger partial charge in [0.05, 0.1) is 28.9 Å². The highest BCUT2D eigenvalue weighted by Gasteiger charge is 2.36. The molecule has 0 saturated heterocycles. The summed E-state index contributed by atoms with van der Waals surface area (Å²) in [4.78, 5) is 50.6. The molecule has 0 unspecified atom stereocenters. The monoisotopic (exact) mass is 522 g/mol. The predicted molar refractivity (Wildman–Crippen MR) is 119 cm³/mol. The molecule has 10 nitrogen and oxygen atoms in total. The van der Waals surface area contributed by atoms with Crippen LogP contribution in [0.5, 0.6) is 0 Å². The Morgan fingerprint density at radius 1 is 0.697 bits per heavy atom. The van der Waals surface area contributed by atoms with Gasteiger partial charge in [0.25, 0.3) is 23.6 Å². The first-order valence-corrected chi connectivity index (χ1v) is 11.1. The first-order valence-electron chi connectivity index (χ1n) is 9.94. The zero-order valence-corrected chi connectivity index (χ0v) is 19.1. The number of aliphatic hydroxyl groups is 2. The SMILES string of the molecule is O=C1c2ccccc2C(=O)N1O.O=C1c2ccccc2C(=O)N1OCCCO.OCCCBr. The maximum Gasteiger partial charge on any atom is 0.285 e. The van der Waals surface area contributed by atoms with Gasteiger partial charge in [-0.15, -0.1) is 10.1 Å². The molecule has 2 aromatic carbocycles. The Morgan fingerprint density at radius 2 is 1.09 bits per heavy atom. The van der Waals surface area contributed by atoms with Crippen molar-refractivity contribution in [2.24, 2.45) is 0 Å². The van der Waals surface area contributed by atoms with E-state index in [1.54, 1.807) is 36.4 Å². The van der Waals surface area contributed by atoms with Crippen molar-refractivity contribution >= 4 is 39.6 Å². The Balaban J connectivity index is 0.000000200. The number of nitrogens with zero attached hydrogens (tertiary/aromatic N) is 2. The van der Waals surface area contributed by atoms with Crippen molar-refractivity contribution < 1.29 is 39.4 Å². The number of carbonyl (C=O) groups is 4. The van der Waals surface area contributed by atoms with E-state index < -0.39 is 23.6 Å². The highest BCUT2D eigenvalue weighted by molar-refractivity contribution is 9.09. The van der Waals surface area contributed by atoms with E-state index in [1.165, 1.54) is 12.1 Å². The van der Waals surface area contributed by atoms with E-state index in [9.17, 15) is 19.2 Å². The Morgan fingerprint density at radius 3 is 1.42 bits per heavy atom. The summed E-state index contributed by atoms with van der Waals surface area (Å²) in [5.74, 6) is -2.21. The summed E-state index contributed by atoms with van der Waals surface area (Å²) in [5.41, 5.74) is 1.22. The Labute approximate surface area is 198 Å². The molecule has 2 aliphatic rings. The first-order chi connectivity index (χ1) is 15.9. The molecule has 2 aliphatic heterocycles. The van der Waals surface area contributed by atoms with E-state index >= 15 is 0 Å². The maximum absolute atomic E-state index is 11.7. The summed E-state index contributed by atoms with van der Waals surface area (Å²) in [7, 11) is 0. The van der Waals surface area contributed by atoms with Crippen molar-refractivity contribution in [3.05, 3.63) is 70.8 Å². The molecule has 4 rings (SSSR count). The molecule has 0 saturated carbocycles. The molecule has 0 aliphatic carbocycles. The minimum Gasteiger partial charge on any atom is -0.396 e. The molecule has 4 amide bonds. The van der Waals surface area contributed by atoms with E-state index in [-0.39, 0.29) is 29.4 Å². The molecule has 0 spiro atoms. The maximum atomic E-state index is 11.7. The molecule has 176 valence electrons. The van der Waals surface area contributed by atoms with Gasteiger partial charge in [-0.05, 0) is 37.1 Å². The van der Waals surface area contributed by atoms with Crippen molar-refractivity contribution in [2.75, 3.05) is 25.2 Å². The molecular formula is C22H23BrN2O8. The molecule has 2 aromatic rings. The number of amides is 4. The van der Waals surface area contributed by atoms with E-state index in [2.05, 4.69) is 15.9 Å². The summed E-state index contributed by atoms with van der Waals surface area (Å²) in [5, 5.41) is 27.3. The average molecular weight is 523 g/mol. The van der Waals surface area contributed by atoms with Crippen molar-refractivity contribution in [3.8, 4) is 0 Å². The fourth-order valence-electron chi connectivity index (χ4n) is 2.74. The van der Waals surface area contributed by atoms with Crippen molar-refractivity contribution in [1.29, 1.82) is 0 Å². The summed E-state index contributed by atoms with van der Waals surface area (Å²) in [6.07, 6.45) is 1.24. The second-order valence-electron chi connectivity index (χ2n) is 6.59. The highest BCUT2D eigenvalue weighted by atomic mass is 79.9. The zero-order chi connectivity index (χ0) is 24.4. The lowest BCUT2D eigenvalue weighted by Gasteiger charge is -2.12. The summed E-state index contributed by atoms with van der Waals surface area (Å²) >= 11 is 3.15. The number of imide groups is 2. The average Bonchev–Trinajstić information content (AvgIpc) is 3.21. The van der Waals surface area contributed by atoms with Gasteiger partial charge >= 0.3 is 0 Å². The van der Waals surface area contributed by atoms with Gasteiger partial charge in [0.2, 0.25) is 0 Å². The quantitative estimate of drug-likeness (QED) is 0.226. The van der Waals surface area contributed by atoms with E-state index in [0.29, 0.717) is 24.2 Å². The number of benzene rings is 2. The second-order valence-corrected chi connectivity index (χ2v) is 7.39. The van der Waals surface area contributed by atoms with Crippen LogP contribution in [0.25, 0.3) is 0 Å². The van der Waals surface area contributed by atoms with E-state index in [0.717, 1.165) is 16.8 Å². The summed E-state index contributed by atoms with van der Waals surface area (Å²) in [6.45, 7) is 0.399. The van der Waals surface area contributed by atoms with Crippen molar-refractivity contribution in [2.45, 2.75) is 12.8 Å². The van der Waals surface area contributed by atoms with Gasteiger partial charge < -0.3 is 10.2 Å². The Bertz CT molecular complexity index is 941. The third-order valence-electron chi connectivity index (χ3n) is 4.34. The van der Waals surface area contributed by atoms with Crippen LogP contribution in [-0.2, 0) is 4.84 Å². The number of alkyl halides is 1. The van der Waals surface area contributed by atoms with Gasteiger partial charge in [-0.1, -0.05) is 40.2 Å². The van der Waals surface area contributed by atoms with Gasteiger partial charge in [-0.3, -0.25) is 29.2 Å². The fraction of sp³-hybridized carbons (Fsp3) is 0.273. The third kappa shape index (κ3) is 6.30. The number of hydroxylamine groups is 4. The lowest BCUT2D eigenvalue weighted by atomic mass is 10.1. The number of hydrogen-bond acceptors (Lipinski definition) is 8. The minimum atomic E-state index is -0.657. The summed E-state index contributed by atoms with van der Waals surface area (Å²) in [6, 6.07) is 12.9. The topological polar surface area (TPSA) is 145 Å². The number of rotatable bonds is 6. The fourth-order valence-corrected chi connectivity index (χ4v) is 2.99. The second kappa shape index (κ2) is 12.9. The van der Waals surface area contributed by atoms with Crippen LogP contribution in [0.1, 0.15) is 54.3 Å². The molecular weight excluding hydrogens is 500 g/mol. The van der Waals surface area contributed by atoms with Gasteiger partial charge in [-0.2, -0.15) is 0 Å². The van der Waals surface area contributed by atoms with Crippen LogP contribution in [0.15, 0.2) is 48.5 Å². The minimum absolute atomic E-state index is 0.0385. The van der Waals surface area contributed by atoms with Gasteiger partial charge in [-0.25, -0.2) is 0 Å². The molecule has 0 fully saturated rings. The van der Waals surface area contributed by atoms with E-state index in [4.69, 9.17) is 20.3 Å². The van der Waals surface area contributed by atoms with Gasteiger partial charge in [0.15, 0.2) is 0 Å². The highest BCUT2D eigenvalue weighted by Crippen LogP contribution is 2.22. The molecule has 0 radical (unpaired) electrons. The van der Waals surface area contributed by atoms with Crippen LogP contribution in [0.4, 0.5) is 0 Å². The molecule has 11 heteroatoms. The van der Waals surface area contributed by atoms with Gasteiger partial charge in [0, 0.05) is 18.5 Å². The van der Waals surface area contributed by atoms with Gasteiger partial charge in [0.1, 0.15) is 0 Å². The number of aliphatic hydroxyl groups excluding tert-OH is 2. The van der Waals surface area contributed by atoms with Crippen LogP contribution < -0.4 is 0 Å². The molecule has 0 bridgehead atoms. The molecule has 33 heavy (non-hydrogen) atoms. The number of fused-ring (bicyclic) bond motifs is 2. The van der Waals surface area contributed by atoms with Crippen LogP contribution in [0.2, 0.25) is 0 Å². The van der Waals surface area contributed by atoms with Crippen LogP contribution in [0, 0.1) is 0 Å². The van der Waals surface area contributed by atoms with Crippen LogP contribution in [0.3, 0.4) is 0 Å². The lowest BCUT2D eigenvalue weighted by Crippen LogP contribution is -2.30. The standard InChI is InChI=1S/C11H11NO4.C8H5NO3.C3H7BrO/c13-6-3-7-16-12-10(14)8-4-1-2-5-9(8)11(12)15;10-7-5-3-1-2-4-6(5)8(11)9(7)12;4-2-1-3-5/h1-2,4-5,13H,3,6-7H2;1-4,12H;5H,1-3H2. The molecule has 0 aromatic heterocycles. The van der Waals surface area contributed by atoms with Crippen molar-refractivity contribution in [1.82, 2.24) is 10.1 Å².